The third-order valence-corrected chi connectivity index (χ3v) is 6.50. The number of rotatable bonds is 9. The van der Waals surface area contributed by atoms with Crippen molar-refractivity contribution >= 4 is 29.2 Å². The Morgan fingerprint density at radius 2 is 1.92 bits per heavy atom. The number of nitrogens with zero attached hydrogens (tertiary/aromatic N) is 2. The average Bonchev–Trinajstić information content (AvgIpc) is 3.32. The molecule has 0 N–H and O–H groups in total. The number of alkyl halides is 1. The SMILES string of the molecule is C=C(S/C=C\C)C1=NCC(C(C)/C=C\C)=C2CC(COCCC)CN12.CC.CC(C)F.Fc1cccc(Cl)c1. The van der Waals surface area contributed by atoms with Gasteiger partial charge in [0, 0.05) is 34.7 Å². The molecule has 1 saturated heterocycles. The zero-order chi connectivity index (χ0) is 29.8. The number of thioether (sulfide) groups is 1. The minimum atomic E-state index is -0.667. The van der Waals surface area contributed by atoms with Crippen LogP contribution in [0.4, 0.5) is 8.78 Å². The number of allylic oxidation sites excluding steroid dienone is 4. The summed E-state index contributed by atoms with van der Waals surface area (Å²) in [5, 5.41) is 2.51. The van der Waals surface area contributed by atoms with Gasteiger partial charge in [0.1, 0.15) is 11.7 Å². The van der Waals surface area contributed by atoms with Gasteiger partial charge in [-0.25, -0.2) is 8.78 Å². The van der Waals surface area contributed by atoms with E-state index >= 15 is 0 Å². The van der Waals surface area contributed by atoms with Crippen LogP contribution in [0.25, 0.3) is 0 Å². The van der Waals surface area contributed by atoms with Gasteiger partial charge in [0.15, 0.2) is 0 Å². The van der Waals surface area contributed by atoms with Crippen LogP contribution in [0.2, 0.25) is 5.02 Å². The number of fused-ring (bicyclic) bond motifs is 1. The summed E-state index contributed by atoms with van der Waals surface area (Å²) in [6.07, 6.45) is 7.94. The van der Waals surface area contributed by atoms with E-state index in [9.17, 15) is 8.78 Å². The molecular weight excluding hydrogens is 534 g/mol. The lowest BCUT2D eigenvalue weighted by Crippen LogP contribution is -2.33. The molecule has 2 heterocycles. The van der Waals surface area contributed by atoms with E-state index in [4.69, 9.17) is 21.3 Å². The fourth-order valence-corrected chi connectivity index (χ4v) is 4.65. The predicted octanol–water partition coefficient (Wildman–Crippen LogP) is 10.3. The van der Waals surface area contributed by atoms with Crippen LogP contribution >= 0.6 is 23.4 Å². The largest absolute Gasteiger partial charge is 0.381 e. The molecule has 220 valence electrons. The van der Waals surface area contributed by atoms with E-state index in [1.165, 1.54) is 37.3 Å². The zero-order valence-corrected chi connectivity index (χ0v) is 26.7. The summed E-state index contributed by atoms with van der Waals surface area (Å²) >= 11 is 7.06. The van der Waals surface area contributed by atoms with E-state index in [1.807, 2.05) is 26.8 Å². The molecule has 0 amide bonds. The quantitative estimate of drug-likeness (QED) is 0.214. The molecule has 0 saturated carbocycles. The minimum Gasteiger partial charge on any atom is -0.381 e. The Bertz CT molecular complexity index is 939. The lowest BCUT2D eigenvalue weighted by atomic mass is 9.95. The highest BCUT2D eigenvalue weighted by Gasteiger charge is 2.35. The van der Waals surface area contributed by atoms with Gasteiger partial charge >= 0.3 is 0 Å². The fourth-order valence-electron chi connectivity index (χ4n) is 3.89. The second-order valence-electron chi connectivity index (χ2n) is 9.15. The Morgan fingerprint density at radius 3 is 2.44 bits per heavy atom. The number of hydrogen-bond acceptors (Lipinski definition) is 4. The number of aliphatic imine (C=N–C) groups is 1. The normalized spacial score (nSPS) is 17.1. The summed E-state index contributed by atoms with van der Waals surface area (Å²) in [5.74, 6) is 1.72. The van der Waals surface area contributed by atoms with Crippen LogP contribution in [0, 0.1) is 17.7 Å². The van der Waals surface area contributed by atoms with Crippen molar-refractivity contribution in [1.29, 1.82) is 0 Å². The van der Waals surface area contributed by atoms with Crippen molar-refractivity contribution in [1.82, 2.24) is 4.90 Å². The zero-order valence-electron chi connectivity index (χ0n) is 25.1. The molecule has 0 radical (unpaired) electrons. The van der Waals surface area contributed by atoms with Crippen molar-refractivity contribution in [2.75, 3.05) is 26.3 Å². The molecule has 39 heavy (non-hydrogen) atoms. The van der Waals surface area contributed by atoms with E-state index in [0.717, 1.165) is 49.9 Å². The topological polar surface area (TPSA) is 24.8 Å². The molecule has 1 aromatic carbocycles. The Morgan fingerprint density at radius 1 is 1.26 bits per heavy atom. The molecule has 2 aliphatic heterocycles. The third-order valence-electron chi connectivity index (χ3n) is 5.39. The summed E-state index contributed by atoms with van der Waals surface area (Å²) in [5.41, 5.74) is 2.90. The van der Waals surface area contributed by atoms with Gasteiger partial charge in [-0.2, -0.15) is 0 Å². The Labute approximate surface area is 246 Å². The van der Waals surface area contributed by atoms with Gasteiger partial charge in [-0.15, -0.1) is 0 Å². The van der Waals surface area contributed by atoms with Gasteiger partial charge in [-0.05, 0) is 75.6 Å². The molecule has 1 fully saturated rings. The molecule has 1 aromatic rings. The van der Waals surface area contributed by atoms with Crippen LogP contribution < -0.4 is 0 Å². The van der Waals surface area contributed by atoms with E-state index in [2.05, 4.69) is 49.8 Å². The smallest absolute Gasteiger partial charge is 0.141 e. The average molecular weight is 583 g/mol. The van der Waals surface area contributed by atoms with Crippen LogP contribution in [0.3, 0.4) is 0 Å². The molecule has 0 spiro atoms. The highest BCUT2D eigenvalue weighted by atomic mass is 35.5. The monoisotopic (exact) mass is 582 g/mol. The molecule has 2 aliphatic rings. The first-order valence-electron chi connectivity index (χ1n) is 13.9. The lowest BCUT2D eigenvalue weighted by Gasteiger charge is -2.31. The lowest BCUT2D eigenvalue weighted by molar-refractivity contribution is 0.104. The van der Waals surface area contributed by atoms with Gasteiger partial charge in [0.05, 0.1) is 19.3 Å². The Balaban J connectivity index is 0.000000847. The summed E-state index contributed by atoms with van der Waals surface area (Å²) in [6, 6.07) is 5.82. The number of hydrogen-bond donors (Lipinski definition) is 0. The van der Waals surface area contributed by atoms with E-state index < -0.39 is 6.17 Å². The maximum Gasteiger partial charge on any atom is 0.141 e. The van der Waals surface area contributed by atoms with Crippen molar-refractivity contribution in [2.24, 2.45) is 16.8 Å². The Hall–Kier alpha value is -1.89. The second kappa shape index (κ2) is 21.9. The van der Waals surface area contributed by atoms with Crippen LogP contribution in [0.15, 0.2) is 75.6 Å². The maximum atomic E-state index is 12.1. The van der Waals surface area contributed by atoms with E-state index in [1.54, 1.807) is 23.9 Å². The molecule has 7 heteroatoms. The van der Waals surface area contributed by atoms with Crippen LogP contribution in [0.1, 0.15) is 68.2 Å². The van der Waals surface area contributed by atoms with E-state index in [-0.39, 0.29) is 5.82 Å². The maximum absolute atomic E-state index is 12.1. The molecule has 0 aliphatic carbocycles. The number of halogens is 3. The first-order valence-corrected chi connectivity index (χ1v) is 15.2. The summed E-state index contributed by atoms with van der Waals surface area (Å²) in [7, 11) is 0. The molecule has 3 rings (SSSR count). The van der Waals surface area contributed by atoms with Crippen molar-refractivity contribution in [3.05, 3.63) is 81.5 Å². The van der Waals surface area contributed by atoms with Gasteiger partial charge < -0.3 is 9.64 Å². The Kier molecular flexibility index (Phi) is 20.8. The second-order valence-corrected chi connectivity index (χ2v) is 10.6. The van der Waals surface area contributed by atoms with Crippen LogP contribution in [0.5, 0.6) is 0 Å². The highest BCUT2D eigenvalue weighted by Crippen LogP contribution is 2.38. The van der Waals surface area contributed by atoms with Crippen molar-refractivity contribution in [2.45, 2.75) is 74.4 Å². The number of ether oxygens (including phenoxy) is 1. The molecule has 0 bridgehead atoms. The predicted molar refractivity (Wildman–Crippen MR) is 170 cm³/mol. The first-order chi connectivity index (χ1) is 18.6. The number of benzene rings is 1. The number of amidine groups is 1. The van der Waals surface area contributed by atoms with Gasteiger partial charge in [0.2, 0.25) is 0 Å². The van der Waals surface area contributed by atoms with Crippen LogP contribution in [-0.2, 0) is 4.74 Å². The van der Waals surface area contributed by atoms with E-state index in [0.29, 0.717) is 16.9 Å². The molecule has 0 aromatic heterocycles. The van der Waals surface area contributed by atoms with Gasteiger partial charge in [0.25, 0.3) is 0 Å². The molecule has 3 nitrogen and oxygen atoms in total. The highest BCUT2D eigenvalue weighted by molar-refractivity contribution is 8.06. The molecule has 2 atom stereocenters. The van der Waals surface area contributed by atoms with Gasteiger partial charge in [-0.3, -0.25) is 4.99 Å². The van der Waals surface area contributed by atoms with Crippen molar-refractivity contribution < 1.29 is 13.5 Å². The molecular formula is C32H49ClF2N2OS. The minimum absolute atomic E-state index is 0.294. The van der Waals surface area contributed by atoms with Crippen LogP contribution in [-0.4, -0.2) is 43.2 Å². The standard InChI is InChI=1S/C21H32N2OS.C6H4ClF.C3H7F.C2H6/c1-6-9-16(4)19-13-22-21(17(5)25-11-8-3)23-14-18(12-20(19)23)15-24-10-7-2;7-5-2-1-3-6(8)4-5;1-3(2)4;1-2/h6,8-9,11,16,18H,5,7,10,12-15H2,1-4H3;1-4H;3H,1-2H3;1-2H3/b9-6-,11-8-;;;. The van der Waals surface area contributed by atoms with Crippen molar-refractivity contribution in [3.8, 4) is 0 Å². The molecule has 2 unspecified atom stereocenters. The van der Waals surface area contributed by atoms with Gasteiger partial charge in [-0.1, -0.05) is 81.9 Å². The summed E-state index contributed by atoms with van der Waals surface area (Å²) in [4.78, 5) is 8.33. The fraction of sp³-hybridized carbons (Fsp3) is 0.531. The third kappa shape index (κ3) is 14.9. The summed E-state index contributed by atoms with van der Waals surface area (Å²) in [6.45, 7) is 23.2. The first kappa shape index (κ1) is 37.1. The van der Waals surface area contributed by atoms with Crippen molar-refractivity contribution in [3.63, 3.8) is 0 Å². The summed E-state index contributed by atoms with van der Waals surface area (Å²) < 4.78 is 28.9.